The first-order valence-electron chi connectivity index (χ1n) is 8.76. The lowest BCUT2D eigenvalue weighted by atomic mass is 10.1. The van der Waals surface area contributed by atoms with E-state index >= 15 is 0 Å². The summed E-state index contributed by atoms with van der Waals surface area (Å²) < 4.78 is 5.32. The van der Waals surface area contributed by atoms with Crippen LogP contribution in [0.3, 0.4) is 0 Å². The number of hydrogen-bond donors (Lipinski definition) is 2. The molecule has 0 aromatic heterocycles. The SMILES string of the molecule is COc1ccccc1Nc1cc(Cl)ccc1C(=O)N/N=C/c1ccccc1[N+](=O)[O-]. The molecule has 1 amide bonds. The van der Waals surface area contributed by atoms with Crippen molar-refractivity contribution in [2.24, 2.45) is 5.10 Å². The average molecular weight is 425 g/mol. The molecule has 3 rings (SSSR count). The number of hydrogen-bond acceptors (Lipinski definition) is 6. The van der Waals surface area contributed by atoms with E-state index in [9.17, 15) is 14.9 Å². The Kier molecular flexibility index (Phi) is 6.61. The summed E-state index contributed by atoms with van der Waals surface area (Å²) in [7, 11) is 1.55. The number of methoxy groups -OCH3 is 1. The lowest BCUT2D eigenvalue weighted by molar-refractivity contribution is -0.385. The Bertz CT molecular complexity index is 1120. The lowest BCUT2D eigenvalue weighted by Crippen LogP contribution is -2.19. The maximum absolute atomic E-state index is 12.7. The second kappa shape index (κ2) is 9.53. The van der Waals surface area contributed by atoms with E-state index in [-0.39, 0.29) is 16.8 Å². The lowest BCUT2D eigenvalue weighted by Gasteiger charge is -2.14. The summed E-state index contributed by atoms with van der Waals surface area (Å²) in [6, 6.07) is 18.1. The fourth-order valence-corrected chi connectivity index (χ4v) is 2.87. The van der Waals surface area contributed by atoms with Gasteiger partial charge in [0.1, 0.15) is 5.75 Å². The van der Waals surface area contributed by atoms with E-state index in [0.717, 1.165) is 0 Å². The van der Waals surface area contributed by atoms with Gasteiger partial charge >= 0.3 is 0 Å². The van der Waals surface area contributed by atoms with Crippen LogP contribution >= 0.6 is 11.6 Å². The molecule has 30 heavy (non-hydrogen) atoms. The van der Waals surface area contributed by atoms with Crippen LogP contribution in [0, 0.1) is 10.1 Å². The van der Waals surface area contributed by atoms with Crippen LogP contribution in [0.25, 0.3) is 0 Å². The Morgan fingerprint density at radius 3 is 2.60 bits per heavy atom. The van der Waals surface area contributed by atoms with Crippen molar-refractivity contribution in [3.8, 4) is 5.75 Å². The number of nitrogens with one attached hydrogen (secondary N) is 2. The first kappa shape index (κ1) is 20.8. The average Bonchev–Trinajstić information content (AvgIpc) is 2.74. The molecule has 0 fully saturated rings. The molecule has 0 heterocycles. The molecule has 152 valence electrons. The van der Waals surface area contributed by atoms with Crippen LogP contribution in [0.2, 0.25) is 5.02 Å². The number of nitro groups is 1. The summed E-state index contributed by atoms with van der Waals surface area (Å²) in [5, 5.41) is 18.5. The second-order valence-corrected chi connectivity index (χ2v) is 6.47. The van der Waals surface area contributed by atoms with Crippen molar-refractivity contribution in [3.05, 3.63) is 93.0 Å². The molecule has 9 heteroatoms. The molecule has 0 aliphatic rings. The van der Waals surface area contributed by atoms with Crippen LogP contribution in [-0.2, 0) is 0 Å². The number of amides is 1. The number of halogens is 1. The fourth-order valence-electron chi connectivity index (χ4n) is 2.69. The number of benzene rings is 3. The molecule has 0 saturated heterocycles. The van der Waals surface area contributed by atoms with Gasteiger partial charge in [-0.1, -0.05) is 35.9 Å². The maximum Gasteiger partial charge on any atom is 0.278 e. The maximum atomic E-state index is 12.7. The fraction of sp³-hybridized carbons (Fsp3) is 0.0476. The highest BCUT2D eigenvalue weighted by Crippen LogP contribution is 2.30. The Hall–Kier alpha value is -3.91. The number of hydrazone groups is 1. The van der Waals surface area contributed by atoms with Crippen molar-refractivity contribution in [1.29, 1.82) is 0 Å². The van der Waals surface area contributed by atoms with Crippen molar-refractivity contribution in [2.75, 3.05) is 12.4 Å². The topological polar surface area (TPSA) is 106 Å². The molecule has 0 atom stereocenters. The quantitative estimate of drug-likeness (QED) is 0.323. The van der Waals surface area contributed by atoms with E-state index in [0.29, 0.717) is 22.1 Å². The molecule has 0 aliphatic heterocycles. The minimum absolute atomic E-state index is 0.111. The highest BCUT2D eigenvalue weighted by molar-refractivity contribution is 6.31. The zero-order valence-corrected chi connectivity index (χ0v) is 16.6. The summed E-state index contributed by atoms with van der Waals surface area (Å²) >= 11 is 6.10. The van der Waals surface area contributed by atoms with E-state index in [1.165, 1.54) is 18.3 Å². The van der Waals surface area contributed by atoms with Crippen molar-refractivity contribution in [2.45, 2.75) is 0 Å². The monoisotopic (exact) mass is 424 g/mol. The van der Waals surface area contributed by atoms with Gasteiger partial charge < -0.3 is 10.1 Å². The van der Waals surface area contributed by atoms with Gasteiger partial charge in [0.2, 0.25) is 0 Å². The molecule has 0 aliphatic carbocycles. The van der Waals surface area contributed by atoms with Gasteiger partial charge in [0.05, 0.1) is 40.7 Å². The summed E-state index contributed by atoms with van der Waals surface area (Å²) in [5.74, 6) is 0.0807. The zero-order chi connectivity index (χ0) is 21.5. The molecular formula is C21H17ClN4O4. The summed E-state index contributed by atoms with van der Waals surface area (Å²) in [4.78, 5) is 23.2. The smallest absolute Gasteiger partial charge is 0.278 e. The van der Waals surface area contributed by atoms with Crippen molar-refractivity contribution >= 4 is 40.8 Å². The number of para-hydroxylation sites is 3. The molecule has 0 spiro atoms. The number of anilines is 2. The van der Waals surface area contributed by atoms with E-state index in [1.54, 1.807) is 49.6 Å². The Labute approximate surface area is 177 Å². The molecule has 3 aromatic carbocycles. The highest BCUT2D eigenvalue weighted by atomic mass is 35.5. The van der Waals surface area contributed by atoms with Gasteiger partial charge in [-0.2, -0.15) is 5.10 Å². The minimum Gasteiger partial charge on any atom is -0.495 e. The van der Waals surface area contributed by atoms with E-state index in [2.05, 4.69) is 15.8 Å². The van der Waals surface area contributed by atoms with Crippen LogP contribution < -0.4 is 15.5 Å². The number of nitro benzene ring substituents is 1. The summed E-state index contributed by atoms with van der Waals surface area (Å²) in [6.45, 7) is 0. The third-order valence-electron chi connectivity index (χ3n) is 4.11. The first-order chi connectivity index (χ1) is 14.5. The molecular weight excluding hydrogens is 408 g/mol. The standard InChI is InChI=1S/C21H17ClN4O4/c1-30-20-9-5-3-7-17(20)24-18-12-15(22)10-11-16(18)21(27)25-23-13-14-6-2-4-8-19(14)26(28)29/h2-13,24H,1H3,(H,25,27)/b23-13+. The number of nitrogens with zero attached hydrogens (tertiary/aromatic N) is 2. The van der Waals surface area contributed by atoms with Gasteiger partial charge in [0, 0.05) is 11.1 Å². The Balaban J connectivity index is 1.82. The highest BCUT2D eigenvalue weighted by Gasteiger charge is 2.14. The largest absolute Gasteiger partial charge is 0.495 e. The van der Waals surface area contributed by atoms with Crippen molar-refractivity contribution in [1.82, 2.24) is 5.43 Å². The molecule has 8 nitrogen and oxygen atoms in total. The second-order valence-electron chi connectivity index (χ2n) is 6.03. The van der Waals surface area contributed by atoms with Gasteiger partial charge in [0.25, 0.3) is 11.6 Å². The molecule has 0 radical (unpaired) electrons. The molecule has 0 unspecified atom stereocenters. The van der Waals surface area contributed by atoms with Crippen LogP contribution in [0.4, 0.5) is 17.1 Å². The normalized spacial score (nSPS) is 10.6. The molecule has 0 saturated carbocycles. The number of ether oxygens (including phenoxy) is 1. The number of rotatable bonds is 7. The van der Waals surface area contributed by atoms with Crippen LogP contribution in [-0.4, -0.2) is 24.2 Å². The van der Waals surface area contributed by atoms with E-state index in [4.69, 9.17) is 16.3 Å². The number of carbonyl (C=O) groups is 1. The van der Waals surface area contributed by atoms with Crippen LogP contribution in [0.15, 0.2) is 71.8 Å². The van der Waals surface area contributed by atoms with E-state index < -0.39 is 10.8 Å². The van der Waals surface area contributed by atoms with Crippen molar-refractivity contribution in [3.63, 3.8) is 0 Å². The third kappa shape index (κ3) is 4.92. The third-order valence-corrected chi connectivity index (χ3v) is 4.34. The molecule has 3 aromatic rings. The molecule has 0 bridgehead atoms. The molecule has 2 N–H and O–H groups in total. The van der Waals surface area contributed by atoms with Gasteiger partial charge in [-0.05, 0) is 36.4 Å². The van der Waals surface area contributed by atoms with Gasteiger partial charge in [-0.25, -0.2) is 5.43 Å². The Morgan fingerprint density at radius 1 is 1.10 bits per heavy atom. The van der Waals surface area contributed by atoms with Gasteiger partial charge in [0.15, 0.2) is 0 Å². The van der Waals surface area contributed by atoms with E-state index in [1.807, 2.05) is 12.1 Å². The predicted octanol–water partition coefficient (Wildman–Crippen LogP) is 4.76. The first-order valence-corrected chi connectivity index (χ1v) is 9.14. The van der Waals surface area contributed by atoms with Gasteiger partial charge in [-0.3, -0.25) is 14.9 Å². The number of carbonyl (C=O) groups excluding carboxylic acids is 1. The summed E-state index contributed by atoms with van der Waals surface area (Å²) in [5.41, 5.74) is 3.92. The summed E-state index contributed by atoms with van der Waals surface area (Å²) in [6.07, 6.45) is 1.22. The van der Waals surface area contributed by atoms with Crippen LogP contribution in [0.1, 0.15) is 15.9 Å². The van der Waals surface area contributed by atoms with Crippen LogP contribution in [0.5, 0.6) is 5.75 Å². The minimum atomic E-state index is -0.516. The van der Waals surface area contributed by atoms with Crippen molar-refractivity contribution < 1.29 is 14.5 Å². The zero-order valence-electron chi connectivity index (χ0n) is 15.8. The van der Waals surface area contributed by atoms with Gasteiger partial charge in [-0.15, -0.1) is 0 Å². The Morgan fingerprint density at radius 2 is 1.83 bits per heavy atom. The predicted molar refractivity (Wildman–Crippen MR) is 116 cm³/mol.